The summed E-state index contributed by atoms with van der Waals surface area (Å²) < 4.78 is 1.01. The number of hydrogen-bond acceptors (Lipinski definition) is 2. The van der Waals surface area contributed by atoms with Crippen molar-refractivity contribution in [3.05, 3.63) is 34.3 Å². The van der Waals surface area contributed by atoms with Gasteiger partial charge in [-0.05, 0) is 31.0 Å². The Labute approximate surface area is 99.4 Å². The average molecular weight is 267 g/mol. The van der Waals surface area contributed by atoms with Crippen LogP contribution < -0.4 is 5.32 Å². The van der Waals surface area contributed by atoms with Crippen molar-refractivity contribution in [3.8, 4) is 6.07 Å². The molecule has 2 unspecified atom stereocenters. The first-order chi connectivity index (χ1) is 7.17. The van der Waals surface area contributed by atoms with Crippen molar-refractivity contribution in [2.75, 3.05) is 0 Å². The Morgan fingerprint density at radius 2 is 2.27 bits per heavy atom. The van der Waals surface area contributed by atoms with E-state index in [1.165, 1.54) is 0 Å². The lowest BCUT2D eigenvalue weighted by Gasteiger charge is -2.17. The molecule has 0 bridgehead atoms. The van der Waals surface area contributed by atoms with Gasteiger partial charge in [0.05, 0.1) is 6.07 Å². The normalized spacial score (nSPS) is 14.3. The molecule has 0 aliphatic heterocycles. The molecule has 1 aromatic rings. The number of nitrogens with one attached hydrogen (secondary N) is 1. The molecule has 0 radical (unpaired) electrons. The van der Waals surface area contributed by atoms with Gasteiger partial charge >= 0.3 is 0 Å². The minimum atomic E-state index is -0.225. The summed E-state index contributed by atoms with van der Waals surface area (Å²) in [7, 11) is 0. The second kappa shape index (κ2) is 5.89. The molecular weight excluding hydrogens is 252 g/mol. The first-order valence-electron chi connectivity index (χ1n) is 5.08. The van der Waals surface area contributed by atoms with Gasteiger partial charge in [0.15, 0.2) is 0 Å². The monoisotopic (exact) mass is 266 g/mol. The quantitative estimate of drug-likeness (QED) is 0.907. The third kappa shape index (κ3) is 3.65. The molecule has 3 heteroatoms. The van der Waals surface area contributed by atoms with E-state index in [1.807, 2.05) is 24.3 Å². The Balaban J connectivity index is 2.80. The summed E-state index contributed by atoms with van der Waals surface area (Å²) in [4.78, 5) is 0. The molecule has 0 fully saturated rings. The van der Waals surface area contributed by atoms with Crippen molar-refractivity contribution in [1.29, 1.82) is 5.26 Å². The second-order valence-electron chi connectivity index (χ2n) is 3.59. The first kappa shape index (κ1) is 12.2. The smallest absolute Gasteiger partial charge is 0.121 e. The average Bonchev–Trinajstić information content (AvgIpc) is 2.25. The van der Waals surface area contributed by atoms with E-state index in [-0.39, 0.29) is 6.04 Å². The van der Waals surface area contributed by atoms with E-state index in [4.69, 9.17) is 5.26 Å². The predicted molar refractivity (Wildman–Crippen MR) is 65.4 cm³/mol. The number of rotatable bonds is 4. The lowest BCUT2D eigenvalue weighted by Crippen LogP contribution is -2.29. The molecule has 0 saturated heterocycles. The standard InChI is InChI=1S/C12H15BrN2/c1-3-9(2)15-12(8-14)10-5-4-6-11(13)7-10/h4-7,9,12,15H,3H2,1-2H3. The fraction of sp³-hybridized carbons (Fsp3) is 0.417. The van der Waals surface area contributed by atoms with Crippen LogP contribution in [0.15, 0.2) is 28.7 Å². The molecular formula is C12H15BrN2. The molecule has 1 N–H and O–H groups in total. The molecule has 80 valence electrons. The van der Waals surface area contributed by atoms with Crippen LogP contribution in [-0.4, -0.2) is 6.04 Å². The zero-order chi connectivity index (χ0) is 11.3. The molecule has 0 saturated carbocycles. The van der Waals surface area contributed by atoms with Gasteiger partial charge in [-0.2, -0.15) is 5.26 Å². The lowest BCUT2D eigenvalue weighted by atomic mass is 10.1. The number of nitriles is 1. The van der Waals surface area contributed by atoms with E-state index < -0.39 is 0 Å². The van der Waals surface area contributed by atoms with E-state index in [0.29, 0.717) is 6.04 Å². The highest BCUT2D eigenvalue weighted by atomic mass is 79.9. The summed E-state index contributed by atoms with van der Waals surface area (Å²) >= 11 is 3.41. The Morgan fingerprint density at radius 3 is 2.80 bits per heavy atom. The molecule has 0 heterocycles. The zero-order valence-corrected chi connectivity index (χ0v) is 10.6. The van der Waals surface area contributed by atoms with Crippen molar-refractivity contribution < 1.29 is 0 Å². The first-order valence-corrected chi connectivity index (χ1v) is 5.87. The summed E-state index contributed by atoms with van der Waals surface area (Å²) in [5, 5.41) is 12.4. The highest BCUT2D eigenvalue weighted by Gasteiger charge is 2.12. The van der Waals surface area contributed by atoms with Crippen molar-refractivity contribution >= 4 is 15.9 Å². The number of nitrogens with zero attached hydrogens (tertiary/aromatic N) is 1. The number of hydrogen-bond donors (Lipinski definition) is 1. The van der Waals surface area contributed by atoms with Gasteiger partial charge in [-0.1, -0.05) is 35.0 Å². The molecule has 0 amide bonds. The maximum atomic E-state index is 9.09. The molecule has 2 atom stereocenters. The van der Waals surface area contributed by atoms with Crippen molar-refractivity contribution in [1.82, 2.24) is 5.32 Å². The van der Waals surface area contributed by atoms with Crippen LogP contribution in [0.1, 0.15) is 31.9 Å². The molecule has 1 rings (SSSR count). The van der Waals surface area contributed by atoms with E-state index >= 15 is 0 Å². The van der Waals surface area contributed by atoms with Crippen LogP contribution >= 0.6 is 15.9 Å². The largest absolute Gasteiger partial charge is 0.296 e. The Bertz CT molecular complexity index is 357. The van der Waals surface area contributed by atoms with Crippen LogP contribution in [0.25, 0.3) is 0 Å². The van der Waals surface area contributed by atoms with Gasteiger partial charge in [-0.3, -0.25) is 5.32 Å². The van der Waals surface area contributed by atoms with Crippen LogP contribution in [0.2, 0.25) is 0 Å². The van der Waals surface area contributed by atoms with Crippen LogP contribution in [0.5, 0.6) is 0 Å². The van der Waals surface area contributed by atoms with E-state index in [1.54, 1.807) is 0 Å². The third-order valence-corrected chi connectivity index (χ3v) is 2.87. The Morgan fingerprint density at radius 1 is 1.53 bits per heavy atom. The van der Waals surface area contributed by atoms with Gasteiger partial charge in [0, 0.05) is 10.5 Å². The predicted octanol–water partition coefficient (Wildman–Crippen LogP) is 3.40. The summed E-state index contributed by atoms with van der Waals surface area (Å²) in [5.74, 6) is 0. The Kier molecular flexibility index (Phi) is 4.80. The maximum Gasteiger partial charge on any atom is 0.121 e. The van der Waals surface area contributed by atoms with Gasteiger partial charge in [-0.25, -0.2) is 0 Å². The molecule has 2 nitrogen and oxygen atoms in total. The minimum Gasteiger partial charge on any atom is -0.296 e. The molecule has 0 aliphatic carbocycles. The van der Waals surface area contributed by atoms with Crippen LogP contribution in [0, 0.1) is 11.3 Å². The molecule has 0 aromatic heterocycles. The van der Waals surface area contributed by atoms with Crippen molar-refractivity contribution in [2.45, 2.75) is 32.4 Å². The Hall–Kier alpha value is -0.850. The minimum absolute atomic E-state index is 0.225. The lowest BCUT2D eigenvalue weighted by molar-refractivity contribution is 0.501. The molecule has 0 aliphatic rings. The van der Waals surface area contributed by atoms with Gasteiger partial charge in [0.25, 0.3) is 0 Å². The van der Waals surface area contributed by atoms with Gasteiger partial charge in [0.2, 0.25) is 0 Å². The van der Waals surface area contributed by atoms with E-state index in [0.717, 1.165) is 16.5 Å². The molecule has 0 spiro atoms. The highest BCUT2D eigenvalue weighted by Crippen LogP contribution is 2.18. The highest BCUT2D eigenvalue weighted by molar-refractivity contribution is 9.10. The van der Waals surface area contributed by atoms with Gasteiger partial charge in [0.1, 0.15) is 6.04 Å². The van der Waals surface area contributed by atoms with Crippen molar-refractivity contribution in [2.24, 2.45) is 0 Å². The van der Waals surface area contributed by atoms with Crippen LogP contribution in [-0.2, 0) is 0 Å². The van der Waals surface area contributed by atoms with E-state index in [9.17, 15) is 0 Å². The van der Waals surface area contributed by atoms with E-state index in [2.05, 4.69) is 41.2 Å². The third-order valence-electron chi connectivity index (χ3n) is 2.37. The summed E-state index contributed by atoms with van der Waals surface area (Å²) in [6.45, 7) is 4.19. The number of halogens is 1. The van der Waals surface area contributed by atoms with Gasteiger partial charge in [-0.15, -0.1) is 0 Å². The topological polar surface area (TPSA) is 35.8 Å². The van der Waals surface area contributed by atoms with Crippen LogP contribution in [0.3, 0.4) is 0 Å². The summed E-state index contributed by atoms with van der Waals surface area (Å²) in [6.07, 6.45) is 1.02. The molecule has 1 aromatic carbocycles. The SMILES string of the molecule is CCC(C)NC(C#N)c1cccc(Br)c1. The van der Waals surface area contributed by atoms with Gasteiger partial charge < -0.3 is 0 Å². The van der Waals surface area contributed by atoms with Crippen molar-refractivity contribution in [3.63, 3.8) is 0 Å². The van der Waals surface area contributed by atoms with Crippen LogP contribution in [0.4, 0.5) is 0 Å². The second-order valence-corrected chi connectivity index (χ2v) is 4.51. The number of benzene rings is 1. The fourth-order valence-corrected chi connectivity index (χ4v) is 1.71. The summed E-state index contributed by atoms with van der Waals surface area (Å²) in [6, 6.07) is 10.3. The maximum absolute atomic E-state index is 9.09. The summed E-state index contributed by atoms with van der Waals surface area (Å²) in [5.41, 5.74) is 1.01. The zero-order valence-electron chi connectivity index (χ0n) is 9.00. The molecule has 15 heavy (non-hydrogen) atoms. The fourth-order valence-electron chi connectivity index (χ4n) is 1.30.